The molecule has 3 heterocycles. The van der Waals surface area contributed by atoms with Gasteiger partial charge in [0, 0.05) is 29.9 Å². The van der Waals surface area contributed by atoms with Crippen LogP contribution < -0.4 is 11.5 Å². The maximum atomic E-state index is 14.5. The van der Waals surface area contributed by atoms with E-state index in [4.69, 9.17) is 11.5 Å². The Balaban J connectivity index is 1.96. The van der Waals surface area contributed by atoms with E-state index in [1.54, 1.807) is 18.5 Å². The Labute approximate surface area is 146 Å². The van der Waals surface area contributed by atoms with Crippen LogP contribution in [0.5, 0.6) is 0 Å². The molecular formula is C17H13F2N7. The summed E-state index contributed by atoms with van der Waals surface area (Å²) < 4.78 is 29.7. The highest BCUT2D eigenvalue weighted by Gasteiger charge is 2.20. The Bertz CT molecular complexity index is 1090. The Hall–Kier alpha value is -3.62. The molecule has 0 atom stereocenters. The summed E-state index contributed by atoms with van der Waals surface area (Å²) in [4.78, 5) is 12.2. The number of fused-ring (bicyclic) bond motifs is 1. The molecule has 4 N–H and O–H groups in total. The van der Waals surface area contributed by atoms with E-state index in [9.17, 15) is 8.78 Å². The first-order valence-electron chi connectivity index (χ1n) is 7.66. The predicted molar refractivity (Wildman–Crippen MR) is 92.8 cm³/mol. The van der Waals surface area contributed by atoms with Gasteiger partial charge in [-0.1, -0.05) is 6.07 Å². The first kappa shape index (κ1) is 15.9. The van der Waals surface area contributed by atoms with Crippen molar-refractivity contribution in [2.45, 2.75) is 6.54 Å². The second-order valence-corrected chi connectivity index (χ2v) is 5.69. The fraction of sp³-hybridized carbons (Fsp3) is 0.0588. The van der Waals surface area contributed by atoms with Crippen molar-refractivity contribution in [3.63, 3.8) is 0 Å². The molecule has 0 aliphatic carbocycles. The molecule has 26 heavy (non-hydrogen) atoms. The zero-order chi connectivity index (χ0) is 18.3. The van der Waals surface area contributed by atoms with Gasteiger partial charge in [-0.3, -0.25) is 9.67 Å². The lowest BCUT2D eigenvalue weighted by Crippen LogP contribution is -2.04. The van der Waals surface area contributed by atoms with E-state index in [1.165, 1.54) is 16.8 Å². The molecule has 0 unspecified atom stereocenters. The number of hydrogen-bond donors (Lipinski definition) is 2. The molecule has 3 aromatic heterocycles. The molecule has 0 bridgehead atoms. The van der Waals surface area contributed by atoms with Gasteiger partial charge >= 0.3 is 0 Å². The van der Waals surface area contributed by atoms with E-state index in [0.717, 1.165) is 11.6 Å². The molecule has 9 heteroatoms. The van der Waals surface area contributed by atoms with Crippen molar-refractivity contribution in [2.75, 3.05) is 11.5 Å². The van der Waals surface area contributed by atoms with Crippen molar-refractivity contribution in [2.24, 2.45) is 0 Å². The predicted octanol–water partition coefficient (Wildman–Crippen LogP) is 2.38. The number of hydrogen-bond acceptors (Lipinski definition) is 6. The second-order valence-electron chi connectivity index (χ2n) is 5.69. The molecule has 0 aliphatic rings. The number of nitrogens with zero attached hydrogens (tertiary/aromatic N) is 5. The summed E-state index contributed by atoms with van der Waals surface area (Å²) in [6, 6.07) is 6.97. The second kappa shape index (κ2) is 6.03. The first-order chi connectivity index (χ1) is 12.5. The maximum absolute atomic E-state index is 14.5. The van der Waals surface area contributed by atoms with E-state index in [0.29, 0.717) is 0 Å². The molecule has 4 aromatic rings. The summed E-state index contributed by atoms with van der Waals surface area (Å²) in [6.07, 6.45) is 3.28. The molecule has 0 radical (unpaired) electrons. The van der Waals surface area contributed by atoms with Crippen molar-refractivity contribution >= 4 is 22.5 Å². The number of rotatable bonds is 3. The number of benzene rings is 1. The monoisotopic (exact) mass is 353 g/mol. The van der Waals surface area contributed by atoms with Gasteiger partial charge in [0.05, 0.1) is 6.54 Å². The number of nitrogens with two attached hydrogens (primary N) is 2. The number of anilines is 2. The highest BCUT2D eigenvalue weighted by atomic mass is 19.1. The van der Waals surface area contributed by atoms with Crippen LogP contribution in [-0.4, -0.2) is 24.7 Å². The van der Waals surface area contributed by atoms with Crippen molar-refractivity contribution in [3.8, 4) is 11.5 Å². The Morgan fingerprint density at radius 1 is 1.04 bits per heavy atom. The SMILES string of the molecule is Nc1cc(N)nc(-c2nn(Cc3cccnc3)c3c(F)cc(F)cc23)n1. The van der Waals surface area contributed by atoms with Crippen molar-refractivity contribution in [1.82, 2.24) is 24.7 Å². The highest BCUT2D eigenvalue weighted by Crippen LogP contribution is 2.30. The smallest absolute Gasteiger partial charge is 0.184 e. The zero-order valence-corrected chi connectivity index (χ0v) is 13.4. The first-order valence-corrected chi connectivity index (χ1v) is 7.66. The molecule has 0 fully saturated rings. The molecule has 1 aromatic carbocycles. The molecule has 0 aliphatic heterocycles. The van der Waals surface area contributed by atoms with Gasteiger partial charge in [-0.25, -0.2) is 18.7 Å². The Morgan fingerprint density at radius 3 is 2.50 bits per heavy atom. The number of aromatic nitrogens is 5. The molecule has 0 saturated heterocycles. The third-order valence-corrected chi connectivity index (χ3v) is 3.79. The van der Waals surface area contributed by atoms with Crippen molar-refractivity contribution in [3.05, 3.63) is 59.9 Å². The lowest BCUT2D eigenvalue weighted by atomic mass is 10.2. The summed E-state index contributed by atoms with van der Waals surface area (Å²) >= 11 is 0. The molecule has 130 valence electrons. The molecule has 4 rings (SSSR count). The fourth-order valence-corrected chi connectivity index (χ4v) is 2.77. The standard InChI is InChI=1S/C17H13F2N7/c18-10-4-11-15(17-23-13(20)6-14(21)24-17)25-26(16(11)12(19)5-10)8-9-2-1-3-22-7-9/h1-7H,8H2,(H4,20,21,23,24). The molecular weight excluding hydrogens is 340 g/mol. The van der Waals surface area contributed by atoms with Crippen LogP contribution in [0.25, 0.3) is 22.4 Å². The summed E-state index contributed by atoms with van der Waals surface area (Å²) in [5.41, 5.74) is 12.6. The summed E-state index contributed by atoms with van der Waals surface area (Å²) in [7, 11) is 0. The van der Waals surface area contributed by atoms with Crippen molar-refractivity contribution < 1.29 is 8.78 Å². The quantitative estimate of drug-likeness (QED) is 0.585. The minimum Gasteiger partial charge on any atom is -0.384 e. The van der Waals surface area contributed by atoms with Gasteiger partial charge in [0.25, 0.3) is 0 Å². The van der Waals surface area contributed by atoms with Crippen LogP contribution >= 0.6 is 0 Å². The Kier molecular flexibility index (Phi) is 3.68. The van der Waals surface area contributed by atoms with Crippen LogP contribution in [0.15, 0.2) is 42.7 Å². The van der Waals surface area contributed by atoms with Gasteiger partial charge in [-0.15, -0.1) is 0 Å². The topological polar surface area (TPSA) is 109 Å². The Morgan fingerprint density at radius 2 is 1.81 bits per heavy atom. The minimum atomic E-state index is -0.737. The maximum Gasteiger partial charge on any atom is 0.184 e. The third kappa shape index (κ3) is 2.79. The third-order valence-electron chi connectivity index (χ3n) is 3.79. The van der Waals surface area contributed by atoms with Crippen LogP contribution in [0.3, 0.4) is 0 Å². The number of nitrogen functional groups attached to an aromatic ring is 2. The summed E-state index contributed by atoms with van der Waals surface area (Å²) in [5.74, 6) is -1.09. The van der Waals surface area contributed by atoms with E-state index in [-0.39, 0.29) is 40.6 Å². The van der Waals surface area contributed by atoms with Crippen LogP contribution in [0.1, 0.15) is 5.56 Å². The van der Waals surface area contributed by atoms with Crippen LogP contribution in [-0.2, 0) is 6.54 Å². The van der Waals surface area contributed by atoms with Gasteiger partial charge in [-0.05, 0) is 17.7 Å². The van der Waals surface area contributed by atoms with Gasteiger partial charge in [0.15, 0.2) is 11.6 Å². The molecule has 7 nitrogen and oxygen atoms in total. The number of halogens is 2. The fourth-order valence-electron chi connectivity index (χ4n) is 2.77. The van der Waals surface area contributed by atoms with E-state index >= 15 is 0 Å². The van der Waals surface area contributed by atoms with Gasteiger partial charge < -0.3 is 11.5 Å². The van der Waals surface area contributed by atoms with Gasteiger partial charge in [0.2, 0.25) is 0 Å². The van der Waals surface area contributed by atoms with Crippen LogP contribution in [0.4, 0.5) is 20.4 Å². The van der Waals surface area contributed by atoms with E-state index in [1.807, 2.05) is 6.07 Å². The zero-order valence-electron chi connectivity index (χ0n) is 13.4. The van der Waals surface area contributed by atoms with E-state index < -0.39 is 11.6 Å². The normalized spacial score (nSPS) is 11.2. The van der Waals surface area contributed by atoms with Gasteiger partial charge in [-0.2, -0.15) is 5.10 Å². The summed E-state index contributed by atoms with van der Waals surface area (Å²) in [6.45, 7) is 0.241. The number of pyridine rings is 1. The van der Waals surface area contributed by atoms with Crippen LogP contribution in [0, 0.1) is 11.6 Å². The van der Waals surface area contributed by atoms with E-state index in [2.05, 4.69) is 20.1 Å². The molecule has 0 spiro atoms. The van der Waals surface area contributed by atoms with Crippen molar-refractivity contribution in [1.29, 1.82) is 0 Å². The highest BCUT2D eigenvalue weighted by molar-refractivity contribution is 5.92. The lowest BCUT2D eigenvalue weighted by molar-refractivity contribution is 0.582. The lowest BCUT2D eigenvalue weighted by Gasteiger charge is -2.04. The average molecular weight is 353 g/mol. The van der Waals surface area contributed by atoms with Crippen LogP contribution in [0.2, 0.25) is 0 Å². The minimum absolute atomic E-state index is 0.0995. The van der Waals surface area contributed by atoms with Gasteiger partial charge in [0.1, 0.15) is 28.7 Å². The molecule has 0 amide bonds. The largest absolute Gasteiger partial charge is 0.384 e. The molecule has 0 saturated carbocycles. The summed E-state index contributed by atoms with van der Waals surface area (Å²) in [5, 5.41) is 4.62. The average Bonchev–Trinajstić information content (AvgIpc) is 2.93.